The second-order valence-electron chi connectivity index (χ2n) is 6.21. The first-order valence-corrected chi connectivity index (χ1v) is 8.21. The van der Waals surface area contributed by atoms with Gasteiger partial charge in [0.25, 0.3) is 0 Å². The molecule has 0 aliphatic rings. The molecule has 2 rings (SSSR count). The number of nitrogens with zero attached hydrogens (tertiary/aromatic N) is 2. The van der Waals surface area contributed by atoms with Gasteiger partial charge in [0.05, 0.1) is 0 Å². The molecule has 3 heteroatoms. The summed E-state index contributed by atoms with van der Waals surface area (Å²) in [5.74, 6) is 0.485. The van der Waals surface area contributed by atoms with E-state index in [4.69, 9.17) is 5.41 Å². The molecule has 0 aliphatic carbocycles. The molecule has 0 radical (unpaired) electrons. The van der Waals surface area contributed by atoms with Gasteiger partial charge in [-0.25, -0.2) is 0 Å². The minimum atomic E-state index is 0.209. The Morgan fingerprint density at radius 1 is 1.04 bits per heavy atom. The molecule has 1 N–H and O–H groups in total. The topological polar surface area (TPSA) is 30.3 Å². The van der Waals surface area contributed by atoms with Gasteiger partial charge in [-0.3, -0.25) is 5.41 Å². The molecule has 0 unspecified atom stereocenters. The summed E-state index contributed by atoms with van der Waals surface area (Å²) in [5, 5.41) is 8.71. The molecular weight excluding hydrogens is 282 g/mol. The first-order chi connectivity index (χ1) is 10.9. The fourth-order valence-electron chi connectivity index (χ4n) is 2.71. The van der Waals surface area contributed by atoms with Crippen LogP contribution < -0.4 is 9.80 Å². The van der Waals surface area contributed by atoms with Gasteiger partial charge in [-0.15, -0.1) is 0 Å². The van der Waals surface area contributed by atoms with E-state index < -0.39 is 0 Å². The Morgan fingerprint density at radius 2 is 1.70 bits per heavy atom. The van der Waals surface area contributed by atoms with Gasteiger partial charge < -0.3 is 9.80 Å². The van der Waals surface area contributed by atoms with Crippen molar-refractivity contribution < 1.29 is 0 Å². The van der Waals surface area contributed by atoms with Crippen LogP contribution in [-0.4, -0.2) is 19.0 Å². The Bertz CT molecular complexity index is 676. The summed E-state index contributed by atoms with van der Waals surface area (Å²) in [5.41, 5.74) is 4.60. The zero-order chi connectivity index (χ0) is 17.0. The van der Waals surface area contributed by atoms with Crippen molar-refractivity contribution in [3.05, 3.63) is 59.7 Å². The molecule has 0 saturated heterocycles. The summed E-state index contributed by atoms with van der Waals surface area (Å²) in [6, 6.07) is 16.9. The van der Waals surface area contributed by atoms with Gasteiger partial charge in [0.2, 0.25) is 5.96 Å². The minimum Gasteiger partial charge on any atom is -0.316 e. The summed E-state index contributed by atoms with van der Waals surface area (Å²) >= 11 is 0. The van der Waals surface area contributed by atoms with E-state index >= 15 is 0 Å². The molecule has 0 amide bonds. The molecule has 23 heavy (non-hydrogen) atoms. The van der Waals surface area contributed by atoms with Crippen LogP contribution in [0.3, 0.4) is 0 Å². The van der Waals surface area contributed by atoms with Crippen LogP contribution in [0.1, 0.15) is 31.9 Å². The molecule has 2 aromatic carbocycles. The highest BCUT2D eigenvalue weighted by molar-refractivity contribution is 6.05. The Hall–Kier alpha value is -2.29. The van der Waals surface area contributed by atoms with Gasteiger partial charge in [0, 0.05) is 24.5 Å². The van der Waals surface area contributed by atoms with Gasteiger partial charge in [0.15, 0.2) is 0 Å². The number of nitrogens with one attached hydrogen (secondary N) is 1. The summed E-state index contributed by atoms with van der Waals surface area (Å²) in [6.45, 7) is 8.47. The highest BCUT2D eigenvalue weighted by Gasteiger charge is 2.20. The van der Waals surface area contributed by atoms with Gasteiger partial charge in [-0.05, 0) is 62.6 Å². The molecule has 0 fully saturated rings. The lowest BCUT2D eigenvalue weighted by Crippen LogP contribution is -2.46. The Labute approximate surface area is 140 Å². The number of aryl methyl sites for hydroxylation is 2. The van der Waals surface area contributed by atoms with E-state index in [1.54, 1.807) is 0 Å². The van der Waals surface area contributed by atoms with Crippen molar-refractivity contribution in [2.75, 3.05) is 16.8 Å². The van der Waals surface area contributed by atoms with Crippen LogP contribution in [0.2, 0.25) is 0 Å². The second kappa shape index (κ2) is 7.32. The van der Waals surface area contributed by atoms with Crippen LogP contribution in [-0.2, 0) is 6.42 Å². The SMILES string of the molecule is CCc1cccc(N(C)C(=N)N(c2cccc(C)c2)C(C)C)c1. The van der Waals surface area contributed by atoms with Crippen molar-refractivity contribution in [3.63, 3.8) is 0 Å². The van der Waals surface area contributed by atoms with E-state index in [2.05, 4.69) is 75.1 Å². The molecule has 0 aromatic heterocycles. The zero-order valence-corrected chi connectivity index (χ0v) is 14.8. The van der Waals surface area contributed by atoms with Crippen LogP contribution in [0.25, 0.3) is 0 Å². The van der Waals surface area contributed by atoms with Crippen LogP contribution in [0.4, 0.5) is 11.4 Å². The Morgan fingerprint density at radius 3 is 2.30 bits per heavy atom. The number of hydrogen-bond acceptors (Lipinski definition) is 1. The lowest BCUT2D eigenvalue weighted by Gasteiger charge is -2.34. The number of guanidine groups is 1. The summed E-state index contributed by atoms with van der Waals surface area (Å²) in [7, 11) is 1.96. The smallest absolute Gasteiger partial charge is 0.202 e. The maximum Gasteiger partial charge on any atom is 0.202 e. The number of rotatable bonds is 4. The number of benzene rings is 2. The third-order valence-electron chi connectivity index (χ3n) is 4.05. The monoisotopic (exact) mass is 309 g/mol. The second-order valence-corrected chi connectivity index (χ2v) is 6.21. The lowest BCUT2D eigenvalue weighted by atomic mass is 10.1. The predicted octanol–water partition coefficient (Wildman–Crippen LogP) is 4.84. The minimum absolute atomic E-state index is 0.209. The predicted molar refractivity (Wildman–Crippen MR) is 101 cm³/mol. The van der Waals surface area contributed by atoms with Crippen molar-refractivity contribution in [2.24, 2.45) is 0 Å². The zero-order valence-electron chi connectivity index (χ0n) is 14.8. The summed E-state index contributed by atoms with van der Waals surface area (Å²) in [6.07, 6.45) is 1.00. The molecule has 0 atom stereocenters. The fraction of sp³-hybridized carbons (Fsp3) is 0.350. The molecule has 2 aromatic rings. The van der Waals surface area contributed by atoms with Crippen molar-refractivity contribution in [2.45, 2.75) is 40.2 Å². The van der Waals surface area contributed by atoms with Crippen molar-refractivity contribution in [1.29, 1.82) is 5.41 Å². The van der Waals surface area contributed by atoms with Gasteiger partial charge >= 0.3 is 0 Å². The van der Waals surface area contributed by atoms with E-state index in [1.807, 2.05) is 18.0 Å². The average Bonchev–Trinajstić information content (AvgIpc) is 2.54. The van der Waals surface area contributed by atoms with Crippen LogP contribution in [0, 0.1) is 12.3 Å². The van der Waals surface area contributed by atoms with Gasteiger partial charge in [-0.2, -0.15) is 0 Å². The fourth-order valence-corrected chi connectivity index (χ4v) is 2.71. The molecule has 0 spiro atoms. The molecule has 122 valence electrons. The van der Waals surface area contributed by atoms with E-state index in [0.29, 0.717) is 5.96 Å². The number of anilines is 2. The van der Waals surface area contributed by atoms with E-state index in [9.17, 15) is 0 Å². The standard InChI is InChI=1S/C20H27N3/c1-6-17-10-8-11-18(14-17)22(5)20(21)23(15(2)3)19-12-7-9-16(4)13-19/h7-15,21H,6H2,1-5H3. The maximum atomic E-state index is 8.71. The quantitative estimate of drug-likeness (QED) is 0.647. The van der Waals surface area contributed by atoms with E-state index in [0.717, 1.165) is 17.8 Å². The third kappa shape index (κ3) is 3.92. The Balaban J connectivity index is 2.33. The van der Waals surface area contributed by atoms with Gasteiger partial charge in [-0.1, -0.05) is 31.2 Å². The molecule has 0 aliphatic heterocycles. The number of hydrogen-bond donors (Lipinski definition) is 1. The average molecular weight is 309 g/mol. The van der Waals surface area contributed by atoms with Crippen molar-refractivity contribution in [1.82, 2.24) is 0 Å². The summed E-state index contributed by atoms with van der Waals surface area (Å²) in [4.78, 5) is 4.01. The lowest BCUT2D eigenvalue weighted by molar-refractivity contribution is 0.793. The first-order valence-electron chi connectivity index (χ1n) is 8.21. The van der Waals surface area contributed by atoms with Crippen molar-refractivity contribution in [3.8, 4) is 0 Å². The summed E-state index contributed by atoms with van der Waals surface area (Å²) < 4.78 is 0. The molecule has 0 bridgehead atoms. The third-order valence-corrected chi connectivity index (χ3v) is 4.05. The van der Waals surface area contributed by atoms with E-state index in [-0.39, 0.29) is 6.04 Å². The molecule has 0 heterocycles. The van der Waals surface area contributed by atoms with Crippen LogP contribution in [0.5, 0.6) is 0 Å². The first kappa shape index (κ1) is 17.1. The highest BCUT2D eigenvalue weighted by Crippen LogP contribution is 2.23. The normalized spacial score (nSPS) is 10.7. The highest BCUT2D eigenvalue weighted by atomic mass is 15.4. The molecule has 0 saturated carbocycles. The van der Waals surface area contributed by atoms with Crippen molar-refractivity contribution >= 4 is 17.3 Å². The Kier molecular flexibility index (Phi) is 5.43. The largest absolute Gasteiger partial charge is 0.316 e. The molecular formula is C20H27N3. The van der Waals surface area contributed by atoms with Crippen LogP contribution in [0.15, 0.2) is 48.5 Å². The van der Waals surface area contributed by atoms with Gasteiger partial charge in [0.1, 0.15) is 0 Å². The maximum absolute atomic E-state index is 8.71. The van der Waals surface area contributed by atoms with Crippen LogP contribution >= 0.6 is 0 Å². The van der Waals surface area contributed by atoms with E-state index in [1.165, 1.54) is 11.1 Å². The molecule has 3 nitrogen and oxygen atoms in total.